The smallest absolute Gasteiger partial charge is 0.219 e. The SMILES string of the molecule is CCc1cc(CN)cc(Oc2cc(C)ccc2Cl)n1. The van der Waals surface area contributed by atoms with Crippen molar-refractivity contribution in [2.75, 3.05) is 0 Å². The van der Waals surface area contributed by atoms with Crippen molar-refractivity contribution in [2.24, 2.45) is 5.73 Å². The molecule has 4 heteroatoms. The second-order valence-corrected chi connectivity index (χ2v) is 4.81. The largest absolute Gasteiger partial charge is 0.437 e. The van der Waals surface area contributed by atoms with Gasteiger partial charge >= 0.3 is 0 Å². The Morgan fingerprint density at radius 3 is 2.74 bits per heavy atom. The van der Waals surface area contributed by atoms with E-state index >= 15 is 0 Å². The molecular weight excluding hydrogens is 260 g/mol. The van der Waals surface area contributed by atoms with E-state index in [4.69, 9.17) is 22.1 Å². The predicted molar refractivity (Wildman–Crippen MR) is 77.8 cm³/mol. The van der Waals surface area contributed by atoms with Crippen LogP contribution in [-0.2, 0) is 13.0 Å². The Balaban J connectivity index is 2.34. The lowest BCUT2D eigenvalue weighted by atomic mass is 10.2. The summed E-state index contributed by atoms with van der Waals surface area (Å²) in [6, 6.07) is 9.49. The molecule has 0 fully saturated rings. The summed E-state index contributed by atoms with van der Waals surface area (Å²) in [7, 11) is 0. The highest BCUT2D eigenvalue weighted by molar-refractivity contribution is 6.32. The van der Waals surface area contributed by atoms with Crippen molar-refractivity contribution >= 4 is 11.6 Å². The lowest BCUT2D eigenvalue weighted by Crippen LogP contribution is -2.01. The third-order valence-electron chi connectivity index (χ3n) is 2.81. The third-order valence-corrected chi connectivity index (χ3v) is 3.13. The Morgan fingerprint density at radius 1 is 1.26 bits per heavy atom. The molecule has 0 saturated heterocycles. The lowest BCUT2D eigenvalue weighted by Gasteiger charge is -2.10. The summed E-state index contributed by atoms with van der Waals surface area (Å²) in [6.45, 7) is 4.50. The molecule has 1 heterocycles. The van der Waals surface area contributed by atoms with E-state index in [-0.39, 0.29) is 0 Å². The van der Waals surface area contributed by atoms with E-state index in [9.17, 15) is 0 Å². The van der Waals surface area contributed by atoms with Crippen molar-refractivity contribution in [2.45, 2.75) is 26.8 Å². The van der Waals surface area contributed by atoms with Gasteiger partial charge in [0.2, 0.25) is 5.88 Å². The molecule has 1 aromatic carbocycles. The van der Waals surface area contributed by atoms with E-state index in [0.29, 0.717) is 23.2 Å². The number of hydrogen-bond acceptors (Lipinski definition) is 3. The fourth-order valence-electron chi connectivity index (χ4n) is 1.77. The van der Waals surface area contributed by atoms with E-state index in [1.807, 2.05) is 44.2 Å². The Kier molecular flexibility index (Phi) is 4.40. The normalized spacial score (nSPS) is 10.5. The first-order chi connectivity index (χ1) is 9.12. The Labute approximate surface area is 118 Å². The van der Waals surface area contributed by atoms with E-state index in [1.54, 1.807) is 0 Å². The minimum Gasteiger partial charge on any atom is -0.437 e. The van der Waals surface area contributed by atoms with E-state index in [2.05, 4.69) is 4.98 Å². The summed E-state index contributed by atoms with van der Waals surface area (Å²) in [5.41, 5.74) is 8.73. The fraction of sp³-hybridized carbons (Fsp3) is 0.267. The highest BCUT2D eigenvalue weighted by atomic mass is 35.5. The van der Waals surface area contributed by atoms with Crippen molar-refractivity contribution in [3.63, 3.8) is 0 Å². The topological polar surface area (TPSA) is 48.1 Å². The zero-order valence-corrected chi connectivity index (χ0v) is 11.9. The van der Waals surface area contributed by atoms with Crippen LogP contribution in [0.15, 0.2) is 30.3 Å². The van der Waals surface area contributed by atoms with Gasteiger partial charge in [0.25, 0.3) is 0 Å². The van der Waals surface area contributed by atoms with Crippen LogP contribution in [0.25, 0.3) is 0 Å². The number of aromatic nitrogens is 1. The molecule has 0 amide bonds. The molecule has 0 radical (unpaired) electrons. The van der Waals surface area contributed by atoms with Crippen molar-refractivity contribution < 1.29 is 4.74 Å². The first kappa shape index (κ1) is 13.8. The molecule has 0 unspecified atom stereocenters. The second-order valence-electron chi connectivity index (χ2n) is 4.40. The first-order valence-corrected chi connectivity index (χ1v) is 6.64. The number of aryl methyl sites for hydroxylation is 2. The highest BCUT2D eigenvalue weighted by Crippen LogP contribution is 2.29. The van der Waals surface area contributed by atoms with Crippen LogP contribution >= 0.6 is 11.6 Å². The maximum atomic E-state index is 6.12. The monoisotopic (exact) mass is 276 g/mol. The van der Waals surface area contributed by atoms with Crippen molar-refractivity contribution in [1.29, 1.82) is 0 Å². The molecule has 2 rings (SSSR count). The summed E-state index contributed by atoms with van der Waals surface area (Å²) in [4.78, 5) is 4.43. The minimum atomic E-state index is 0.466. The number of benzene rings is 1. The highest BCUT2D eigenvalue weighted by Gasteiger charge is 2.07. The number of nitrogens with zero attached hydrogens (tertiary/aromatic N) is 1. The number of halogens is 1. The molecule has 0 atom stereocenters. The van der Waals surface area contributed by atoms with Crippen LogP contribution < -0.4 is 10.5 Å². The first-order valence-electron chi connectivity index (χ1n) is 6.26. The zero-order valence-electron chi connectivity index (χ0n) is 11.1. The maximum Gasteiger partial charge on any atom is 0.219 e. The number of nitrogens with two attached hydrogens (primary N) is 1. The van der Waals surface area contributed by atoms with Crippen molar-refractivity contribution in [1.82, 2.24) is 4.98 Å². The van der Waals surface area contributed by atoms with Crippen LogP contribution in [-0.4, -0.2) is 4.98 Å². The van der Waals surface area contributed by atoms with Gasteiger partial charge in [0.05, 0.1) is 5.02 Å². The maximum absolute atomic E-state index is 6.12. The fourth-order valence-corrected chi connectivity index (χ4v) is 1.93. The molecule has 1 aromatic heterocycles. The van der Waals surface area contributed by atoms with Gasteiger partial charge in [-0.05, 0) is 42.7 Å². The van der Waals surface area contributed by atoms with Gasteiger partial charge in [-0.1, -0.05) is 24.6 Å². The van der Waals surface area contributed by atoms with Gasteiger partial charge in [0.1, 0.15) is 5.75 Å². The minimum absolute atomic E-state index is 0.466. The number of pyridine rings is 1. The van der Waals surface area contributed by atoms with Crippen LogP contribution in [0.3, 0.4) is 0 Å². The van der Waals surface area contributed by atoms with Gasteiger partial charge in [-0.3, -0.25) is 0 Å². The van der Waals surface area contributed by atoms with Crippen LogP contribution in [0, 0.1) is 6.92 Å². The summed E-state index contributed by atoms with van der Waals surface area (Å²) in [6.07, 6.45) is 0.839. The van der Waals surface area contributed by atoms with Gasteiger partial charge < -0.3 is 10.5 Å². The number of ether oxygens (including phenoxy) is 1. The molecule has 100 valence electrons. The third kappa shape index (κ3) is 3.46. The summed E-state index contributed by atoms with van der Waals surface area (Å²) in [5, 5.41) is 0.573. The molecule has 0 aliphatic heterocycles. The van der Waals surface area contributed by atoms with Gasteiger partial charge in [-0.15, -0.1) is 0 Å². The van der Waals surface area contributed by atoms with Crippen molar-refractivity contribution in [3.05, 3.63) is 52.2 Å². The van der Waals surface area contributed by atoms with Crippen molar-refractivity contribution in [3.8, 4) is 11.6 Å². The summed E-state index contributed by atoms with van der Waals surface area (Å²) in [5.74, 6) is 1.15. The average Bonchev–Trinajstić information content (AvgIpc) is 2.42. The Bertz CT molecular complexity index is 562. The molecule has 2 N–H and O–H groups in total. The number of hydrogen-bond donors (Lipinski definition) is 1. The van der Waals surface area contributed by atoms with Crippen LogP contribution in [0.2, 0.25) is 5.02 Å². The molecule has 0 saturated carbocycles. The van der Waals surface area contributed by atoms with Crippen LogP contribution in [0.1, 0.15) is 23.7 Å². The zero-order chi connectivity index (χ0) is 13.8. The molecule has 0 aliphatic carbocycles. The van der Waals surface area contributed by atoms with E-state index in [1.165, 1.54) is 0 Å². The van der Waals surface area contributed by atoms with Gasteiger partial charge in [-0.2, -0.15) is 0 Å². The summed E-state index contributed by atoms with van der Waals surface area (Å²) >= 11 is 6.12. The average molecular weight is 277 g/mol. The predicted octanol–water partition coefficient (Wildman–Crippen LogP) is 3.86. The van der Waals surface area contributed by atoms with Crippen LogP contribution in [0.5, 0.6) is 11.6 Å². The lowest BCUT2D eigenvalue weighted by molar-refractivity contribution is 0.460. The Morgan fingerprint density at radius 2 is 2.05 bits per heavy atom. The molecule has 19 heavy (non-hydrogen) atoms. The molecule has 3 nitrogen and oxygen atoms in total. The molecule has 0 spiro atoms. The standard InChI is InChI=1S/C15H17ClN2O/c1-3-12-7-11(9-17)8-15(18-12)19-14-6-10(2)4-5-13(14)16/h4-8H,3,9,17H2,1-2H3. The van der Waals surface area contributed by atoms with Crippen LogP contribution in [0.4, 0.5) is 0 Å². The number of rotatable bonds is 4. The molecular formula is C15H17ClN2O. The second kappa shape index (κ2) is 6.04. The van der Waals surface area contributed by atoms with Gasteiger partial charge in [-0.25, -0.2) is 4.98 Å². The van der Waals surface area contributed by atoms with Gasteiger partial charge in [0, 0.05) is 18.3 Å². The Hall–Kier alpha value is -1.58. The quantitative estimate of drug-likeness (QED) is 0.922. The van der Waals surface area contributed by atoms with E-state index in [0.717, 1.165) is 23.2 Å². The van der Waals surface area contributed by atoms with E-state index < -0.39 is 0 Å². The molecule has 2 aromatic rings. The molecule has 0 bridgehead atoms. The molecule has 0 aliphatic rings. The summed E-state index contributed by atoms with van der Waals surface area (Å²) < 4.78 is 5.78. The van der Waals surface area contributed by atoms with Gasteiger partial charge in [0.15, 0.2) is 0 Å².